The Bertz CT molecular complexity index is 1070. The Labute approximate surface area is 203 Å². The van der Waals surface area contributed by atoms with E-state index in [1.165, 1.54) is 23.2 Å². The highest BCUT2D eigenvalue weighted by molar-refractivity contribution is 7.20. The van der Waals surface area contributed by atoms with Crippen molar-refractivity contribution in [2.24, 2.45) is 11.5 Å². The number of amides is 2. The highest BCUT2D eigenvalue weighted by Crippen LogP contribution is 2.24. The summed E-state index contributed by atoms with van der Waals surface area (Å²) in [5.74, 6) is -0.990. The normalized spacial score (nSPS) is 17.7. The first-order valence-corrected chi connectivity index (χ1v) is 11.4. The standard InChI is InChI=1S/C20H26N6O4S.HNO3/c1-11(27)26-10-12(28)9-15(26)18(30)24-14(6-4-8-23-20(21)22)17(29)19-25-13-5-2-3-7-16(13)31-19;2-1(3)4/h2-3,5,7,12,14-15,28H,4,6,8-10H2,1H3,(H,24,30)(H4,21,22,23);(H,2,3,4)/p+1/t12-,14+,15+;/m1./s1. The maximum atomic E-state index is 13.2. The Morgan fingerprint density at radius 3 is 2.63 bits per heavy atom. The molecule has 15 heteroatoms. The van der Waals surface area contributed by atoms with Crippen molar-refractivity contribution in [1.82, 2.24) is 15.2 Å². The summed E-state index contributed by atoms with van der Waals surface area (Å²) in [6.07, 6.45) is 0.206. The average molecular weight is 511 g/mol. The zero-order chi connectivity index (χ0) is 26.1. The third kappa shape index (κ3) is 8.15. The molecule has 2 heterocycles. The average Bonchev–Trinajstić information content (AvgIpc) is 3.38. The number of aromatic nitrogens is 1. The van der Waals surface area contributed by atoms with Crippen molar-refractivity contribution in [2.45, 2.75) is 44.4 Å². The van der Waals surface area contributed by atoms with Gasteiger partial charge < -0.3 is 20.5 Å². The predicted octanol–water partition coefficient (Wildman–Crippen LogP) is -2.27. The number of rotatable bonds is 8. The molecule has 0 unspecified atom stereocenters. The molecule has 1 aromatic carbocycles. The van der Waals surface area contributed by atoms with Crippen molar-refractivity contribution >= 4 is 45.1 Å². The molecule has 0 radical (unpaired) electrons. The third-order valence-electron chi connectivity index (χ3n) is 5.12. The van der Waals surface area contributed by atoms with Crippen molar-refractivity contribution < 1.29 is 34.8 Å². The molecule has 1 aliphatic heterocycles. The monoisotopic (exact) mass is 510 g/mol. The number of carbonyl (C=O) groups excluding carboxylic acids is 3. The van der Waals surface area contributed by atoms with E-state index >= 15 is 0 Å². The fourth-order valence-electron chi connectivity index (χ4n) is 3.61. The highest BCUT2D eigenvalue weighted by atomic mass is 32.1. The van der Waals surface area contributed by atoms with Crippen LogP contribution in [0.3, 0.4) is 0 Å². The molecule has 1 aromatic heterocycles. The summed E-state index contributed by atoms with van der Waals surface area (Å²) in [4.78, 5) is 54.8. The third-order valence-corrected chi connectivity index (χ3v) is 6.17. The lowest BCUT2D eigenvalue weighted by Crippen LogP contribution is -2.78. The Morgan fingerprint density at radius 2 is 2.03 bits per heavy atom. The second-order valence-electron chi connectivity index (χ2n) is 7.75. The number of fused-ring (bicyclic) bond motifs is 1. The van der Waals surface area contributed by atoms with Crippen LogP contribution in [0.4, 0.5) is 0 Å². The number of Topliss-reactive ketones (excluding diaryl/α,β-unsaturated/α-hetero) is 1. The number of β-amino-alcohol motifs (C(OH)–C–C–N with tert-alkyl or cyclic N) is 1. The van der Waals surface area contributed by atoms with Crippen LogP contribution in [0.5, 0.6) is 0 Å². The highest BCUT2D eigenvalue weighted by Gasteiger charge is 2.39. The van der Waals surface area contributed by atoms with Crippen LogP contribution >= 0.6 is 11.3 Å². The smallest absolute Gasteiger partial charge is 0.338 e. The maximum absolute atomic E-state index is 13.2. The van der Waals surface area contributed by atoms with Gasteiger partial charge in [-0.15, -0.1) is 21.5 Å². The van der Waals surface area contributed by atoms with Crippen molar-refractivity contribution in [3.05, 3.63) is 39.4 Å². The number of aliphatic hydroxyl groups excluding tert-OH is 1. The number of nitrogens with zero attached hydrogens (tertiary/aromatic N) is 3. The molecule has 0 bridgehead atoms. The maximum Gasteiger partial charge on any atom is 0.338 e. The van der Waals surface area contributed by atoms with Gasteiger partial charge in [0, 0.05) is 19.9 Å². The molecule has 1 aliphatic rings. The number of nitrogens with two attached hydrogens (primary N) is 2. The summed E-state index contributed by atoms with van der Waals surface area (Å²) in [5.41, 5.74) is 11.5. The Hall–Kier alpha value is -3.85. The second-order valence-corrected chi connectivity index (χ2v) is 8.78. The van der Waals surface area contributed by atoms with Crippen LogP contribution in [0.15, 0.2) is 24.3 Å². The van der Waals surface area contributed by atoms with Gasteiger partial charge in [-0.2, -0.15) is 0 Å². The van der Waals surface area contributed by atoms with Gasteiger partial charge >= 0.3 is 5.96 Å². The van der Waals surface area contributed by atoms with E-state index in [0.717, 1.165) is 10.2 Å². The van der Waals surface area contributed by atoms with Crippen LogP contribution in [-0.2, 0) is 9.59 Å². The molecule has 2 amide bonds. The molecule has 14 nitrogen and oxygen atoms in total. The van der Waals surface area contributed by atoms with Gasteiger partial charge in [-0.1, -0.05) is 12.1 Å². The van der Waals surface area contributed by atoms with Gasteiger partial charge in [0.05, 0.1) is 28.9 Å². The molecule has 3 rings (SSSR count). The quantitative estimate of drug-likeness (QED) is 0.0557. The number of thiazole rings is 1. The van der Waals surface area contributed by atoms with Gasteiger partial charge in [0.15, 0.2) is 5.01 Å². The van der Waals surface area contributed by atoms with Crippen LogP contribution in [0, 0.1) is 10.1 Å². The number of aliphatic hydroxyl groups is 1. The minimum absolute atomic E-state index is 0.0788. The van der Waals surface area contributed by atoms with E-state index in [1.807, 2.05) is 24.3 Å². The summed E-state index contributed by atoms with van der Waals surface area (Å²) in [7, 11) is 0. The van der Waals surface area contributed by atoms with E-state index in [1.54, 1.807) is 0 Å². The van der Waals surface area contributed by atoms with Crippen molar-refractivity contribution in [3.63, 3.8) is 0 Å². The van der Waals surface area contributed by atoms with E-state index < -0.39 is 29.2 Å². The van der Waals surface area contributed by atoms with Gasteiger partial charge in [-0.05, 0) is 25.0 Å². The first kappa shape index (κ1) is 27.4. The molecule has 1 saturated heterocycles. The molecule has 0 saturated carbocycles. The lowest BCUT2D eigenvalue weighted by Gasteiger charge is -2.24. The molecule has 3 atom stereocenters. The number of carbonyl (C=O) groups is 3. The predicted molar refractivity (Wildman–Crippen MR) is 125 cm³/mol. The van der Waals surface area contributed by atoms with Gasteiger partial charge in [-0.3, -0.25) is 30.8 Å². The van der Waals surface area contributed by atoms with Crippen LogP contribution < -0.4 is 21.8 Å². The zero-order valence-corrected chi connectivity index (χ0v) is 19.7. The fourth-order valence-corrected chi connectivity index (χ4v) is 4.57. The summed E-state index contributed by atoms with van der Waals surface area (Å²) in [6, 6.07) is 5.77. The SMILES string of the molecule is CC(=O)N1C[C@H](O)C[C@H]1C(=O)N[C@@H](CCC[NH+]=C(N)N)C(=O)c1nc2ccccc2s1.O=[N+]([O-])O. The van der Waals surface area contributed by atoms with Crippen LogP contribution in [0.25, 0.3) is 10.2 Å². The molecular weight excluding hydrogens is 482 g/mol. The first-order valence-electron chi connectivity index (χ1n) is 10.6. The molecule has 0 spiro atoms. The fraction of sp³-hybridized carbons (Fsp3) is 0.450. The van der Waals surface area contributed by atoms with Crippen LogP contribution in [-0.4, -0.2) is 80.1 Å². The van der Waals surface area contributed by atoms with Gasteiger partial charge in [0.25, 0.3) is 5.09 Å². The molecule has 1 fully saturated rings. The lowest BCUT2D eigenvalue weighted by atomic mass is 10.1. The zero-order valence-electron chi connectivity index (χ0n) is 18.9. The molecule has 35 heavy (non-hydrogen) atoms. The number of benzene rings is 1. The summed E-state index contributed by atoms with van der Waals surface area (Å²) in [5, 5.41) is 26.6. The number of nitrogens with one attached hydrogen (secondary N) is 2. The van der Waals surface area contributed by atoms with E-state index in [2.05, 4.69) is 15.3 Å². The van der Waals surface area contributed by atoms with Gasteiger partial charge in [0.1, 0.15) is 6.04 Å². The van der Waals surface area contributed by atoms with Crippen LogP contribution in [0.1, 0.15) is 36.0 Å². The Morgan fingerprint density at radius 1 is 1.37 bits per heavy atom. The summed E-state index contributed by atoms with van der Waals surface area (Å²) < 4.78 is 0.879. The Balaban J connectivity index is 0.00000100. The number of ketones is 1. The van der Waals surface area contributed by atoms with E-state index in [0.29, 0.717) is 24.4 Å². The molecule has 8 N–H and O–H groups in total. The van der Waals surface area contributed by atoms with Crippen molar-refractivity contribution in [2.75, 3.05) is 13.1 Å². The van der Waals surface area contributed by atoms with Gasteiger partial charge in [-0.25, -0.2) is 4.98 Å². The number of hydrogen-bond donors (Lipinski definition) is 6. The molecule has 0 aliphatic carbocycles. The Kier molecular flexibility index (Phi) is 9.84. The van der Waals surface area contributed by atoms with Crippen molar-refractivity contribution in [3.8, 4) is 0 Å². The topological polar surface area (TPSA) is 229 Å². The number of para-hydroxylation sites is 1. The van der Waals surface area contributed by atoms with E-state index in [-0.39, 0.29) is 30.6 Å². The van der Waals surface area contributed by atoms with Crippen LogP contribution in [0.2, 0.25) is 0 Å². The largest absolute Gasteiger partial charge is 0.391 e. The van der Waals surface area contributed by atoms with E-state index in [9.17, 15) is 19.5 Å². The summed E-state index contributed by atoms with van der Waals surface area (Å²) >= 11 is 1.27. The van der Waals surface area contributed by atoms with Crippen molar-refractivity contribution in [1.29, 1.82) is 0 Å². The molecule has 2 aromatic rings. The second kappa shape index (κ2) is 12.6. The summed E-state index contributed by atoms with van der Waals surface area (Å²) in [6.45, 7) is 1.88. The lowest BCUT2D eigenvalue weighted by molar-refractivity contribution is -0.742. The first-order chi connectivity index (χ1) is 16.5. The van der Waals surface area contributed by atoms with E-state index in [4.69, 9.17) is 26.8 Å². The van der Waals surface area contributed by atoms with Gasteiger partial charge in [0.2, 0.25) is 17.6 Å². The molecular formula is C20H28N7O7S+. The minimum atomic E-state index is -1.50. The number of likely N-dealkylation sites (tertiary alicyclic amines) is 1. The number of hydrogen-bond acceptors (Lipinski definition) is 8. The minimum Gasteiger partial charge on any atom is -0.391 e. The molecule has 190 valence electrons. The number of guanidine groups is 1.